The quantitative estimate of drug-likeness (QED) is 0.339. The van der Waals surface area contributed by atoms with Crippen LogP contribution in [0.3, 0.4) is 0 Å². The molecule has 5 nitrogen and oxygen atoms in total. The molecule has 1 amide bonds. The van der Waals surface area contributed by atoms with Crippen molar-refractivity contribution in [2.24, 2.45) is 0 Å². The van der Waals surface area contributed by atoms with Crippen LogP contribution in [0.4, 0.5) is 0 Å². The van der Waals surface area contributed by atoms with Gasteiger partial charge in [0.2, 0.25) is 0 Å². The maximum atomic E-state index is 13.7. The molecular weight excluding hydrogens is 400 g/mol. The van der Waals surface area contributed by atoms with Gasteiger partial charge < -0.3 is 9.64 Å². The predicted molar refractivity (Wildman–Crippen MR) is 127 cm³/mol. The molecule has 4 rings (SSSR count). The third-order valence-corrected chi connectivity index (χ3v) is 5.71. The van der Waals surface area contributed by atoms with E-state index in [4.69, 9.17) is 4.74 Å². The molecule has 0 radical (unpaired) electrons. The summed E-state index contributed by atoms with van der Waals surface area (Å²) in [5, 5.41) is 9.18. The Bertz CT molecular complexity index is 1170. The molecule has 3 aromatic carbocycles. The maximum absolute atomic E-state index is 13.7. The number of nitrogens with one attached hydrogen (secondary N) is 1. The van der Waals surface area contributed by atoms with E-state index in [0.29, 0.717) is 30.1 Å². The molecule has 0 fully saturated rings. The summed E-state index contributed by atoms with van der Waals surface area (Å²) in [4.78, 5) is 15.6. The molecule has 0 aromatic heterocycles. The minimum absolute atomic E-state index is 0.0303. The number of methoxy groups -OCH3 is 1. The summed E-state index contributed by atoms with van der Waals surface area (Å²) in [5.74, 6) is 0.676. The Kier molecular flexibility index (Phi) is 6.38. The largest absolute Gasteiger partial charge is 0.497 e. The fourth-order valence-corrected chi connectivity index (χ4v) is 3.93. The van der Waals surface area contributed by atoms with E-state index in [0.717, 1.165) is 28.7 Å². The number of fused-ring (bicyclic) bond motifs is 1. The summed E-state index contributed by atoms with van der Waals surface area (Å²) in [7, 11) is 1.62. The average Bonchev–Trinajstić information content (AvgIpc) is 2.86. The molecule has 1 aliphatic heterocycles. The molecule has 0 unspecified atom stereocenters. The van der Waals surface area contributed by atoms with Crippen LogP contribution in [-0.2, 0) is 17.8 Å². The zero-order valence-electron chi connectivity index (χ0n) is 18.0. The van der Waals surface area contributed by atoms with E-state index in [2.05, 4.69) is 12.1 Å². The molecule has 0 spiro atoms. The normalized spacial score (nSPS) is 13.3. The van der Waals surface area contributed by atoms with Gasteiger partial charge in [-0.15, -0.1) is 0 Å². The molecule has 32 heavy (non-hydrogen) atoms. The van der Waals surface area contributed by atoms with Crippen LogP contribution in [-0.4, -0.2) is 29.7 Å². The molecule has 162 valence electrons. The third kappa shape index (κ3) is 4.58. The number of hydrogen-bond acceptors (Lipinski definition) is 4. The minimum atomic E-state index is -0.0303. The van der Waals surface area contributed by atoms with Crippen molar-refractivity contribution in [3.8, 4) is 5.75 Å². The summed E-state index contributed by atoms with van der Waals surface area (Å²) in [6.45, 7) is 4.95. The van der Waals surface area contributed by atoms with Crippen molar-refractivity contribution in [1.29, 1.82) is 0 Å². The van der Waals surface area contributed by atoms with Gasteiger partial charge in [0, 0.05) is 18.7 Å². The highest BCUT2D eigenvalue weighted by Crippen LogP contribution is 2.28. The number of ether oxygens (including phenoxy) is 1. The van der Waals surface area contributed by atoms with Crippen molar-refractivity contribution in [2.75, 3.05) is 13.7 Å². The van der Waals surface area contributed by atoms with Gasteiger partial charge in [-0.25, -0.2) is 0 Å². The van der Waals surface area contributed by atoms with Crippen LogP contribution in [0.5, 0.6) is 5.75 Å². The maximum Gasteiger partial charge on any atom is 0.254 e. The zero-order chi connectivity index (χ0) is 22.5. The van der Waals surface area contributed by atoms with E-state index in [-0.39, 0.29) is 5.91 Å². The number of amides is 1. The molecule has 0 atom stereocenters. The van der Waals surface area contributed by atoms with Crippen LogP contribution >= 0.6 is 0 Å². The van der Waals surface area contributed by atoms with Gasteiger partial charge in [-0.1, -0.05) is 61.2 Å². The van der Waals surface area contributed by atoms with E-state index >= 15 is 0 Å². The van der Waals surface area contributed by atoms with Gasteiger partial charge in [-0.2, -0.15) is 0 Å². The number of carbonyl (C=O) groups excluding carboxylic acids is 1. The molecule has 2 N–H and O–H groups in total. The standard InChI is InChI=1S/C27H26N2O3/c1-19(28-31)22-12-11-21-13-14-29(18-24(21)16-22)27(30)26(15-20-7-4-3-5-8-20)23-9-6-10-25(17-23)32-2/h3-12,15-17,28,31H,1,13-14,18H2,2H3/b26-15+. The van der Waals surface area contributed by atoms with E-state index in [1.165, 1.54) is 5.56 Å². The van der Waals surface area contributed by atoms with Crippen LogP contribution in [0.1, 0.15) is 27.8 Å². The Morgan fingerprint density at radius 2 is 1.84 bits per heavy atom. The van der Waals surface area contributed by atoms with Crippen LogP contribution in [0.2, 0.25) is 0 Å². The van der Waals surface area contributed by atoms with Gasteiger partial charge >= 0.3 is 0 Å². The van der Waals surface area contributed by atoms with Gasteiger partial charge in [-0.3, -0.25) is 15.5 Å². The first-order valence-electron chi connectivity index (χ1n) is 10.5. The molecule has 1 aliphatic rings. The summed E-state index contributed by atoms with van der Waals surface area (Å²) in [5.41, 5.74) is 8.00. The van der Waals surface area contributed by atoms with Gasteiger partial charge in [0.25, 0.3) is 5.91 Å². The van der Waals surface area contributed by atoms with E-state index in [1.807, 2.05) is 83.8 Å². The molecule has 0 aliphatic carbocycles. The third-order valence-electron chi connectivity index (χ3n) is 5.71. The first-order chi connectivity index (χ1) is 15.6. The van der Waals surface area contributed by atoms with E-state index < -0.39 is 0 Å². The lowest BCUT2D eigenvalue weighted by atomic mass is 9.95. The SMILES string of the molecule is C=C(NO)c1ccc2c(c1)CN(C(=O)/C(=C/c1ccccc1)c1cccc(OC)c1)CC2. The van der Waals surface area contributed by atoms with Crippen molar-refractivity contribution in [3.05, 3.63) is 107 Å². The predicted octanol–water partition coefficient (Wildman–Crippen LogP) is 4.77. The highest BCUT2D eigenvalue weighted by molar-refractivity contribution is 6.24. The van der Waals surface area contributed by atoms with Crippen molar-refractivity contribution in [1.82, 2.24) is 10.4 Å². The van der Waals surface area contributed by atoms with Crippen LogP contribution in [0.15, 0.2) is 79.4 Å². The van der Waals surface area contributed by atoms with Gasteiger partial charge in [0.05, 0.1) is 12.8 Å². The zero-order valence-corrected chi connectivity index (χ0v) is 18.0. The Hall–Kier alpha value is -3.83. The number of rotatable bonds is 6. The molecule has 3 aromatic rings. The first-order valence-corrected chi connectivity index (χ1v) is 10.5. The van der Waals surface area contributed by atoms with Crippen LogP contribution in [0, 0.1) is 0 Å². The van der Waals surface area contributed by atoms with Crippen molar-refractivity contribution >= 4 is 23.3 Å². The topological polar surface area (TPSA) is 61.8 Å². The van der Waals surface area contributed by atoms with Gasteiger partial charge in [0.15, 0.2) is 0 Å². The van der Waals surface area contributed by atoms with Gasteiger partial charge in [-0.05, 0) is 58.5 Å². The molecular formula is C27H26N2O3. The lowest BCUT2D eigenvalue weighted by molar-refractivity contribution is -0.125. The van der Waals surface area contributed by atoms with Crippen LogP contribution in [0.25, 0.3) is 17.3 Å². The molecule has 0 saturated heterocycles. The molecule has 0 bridgehead atoms. The second-order valence-electron chi connectivity index (χ2n) is 7.75. The first kappa shape index (κ1) is 21.4. The highest BCUT2D eigenvalue weighted by atomic mass is 16.5. The van der Waals surface area contributed by atoms with Gasteiger partial charge in [0.1, 0.15) is 5.75 Å². The Morgan fingerprint density at radius 1 is 1.03 bits per heavy atom. The second-order valence-corrected chi connectivity index (χ2v) is 7.75. The lowest BCUT2D eigenvalue weighted by Crippen LogP contribution is -2.36. The Morgan fingerprint density at radius 3 is 2.59 bits per heavy atom. The summed E-state index contributed by atoms with van der Waals surface area (Å²) >= 11 is 0. The van der Waals surface area contributed by atoms with Crippen molar-refractivity contribution in [3.63, 3.8) is 0 Å². The highest BCUT2D eigenvalue weighted by Gasteiger charge is 2.25. The fourth-order valence-electron chi connectivity index (χ4n) is 3.93. The number of benzene rings is 3. The summed E-state index contributed by atoms with van der Waals surface area (Å²) < 4.78 is 5.39. The fraction of sp³-hybridized carbons (Fsp3) is 0.148. The molecule has 1 heterocycles. The molecule has 0 saturated carbocycles. The van der Waals surface area contributed by atoms with Crippen molar-refractivity contribution < 1.29 is 14.7 Å². The molecule has 5 heteroatoms. The number of carbonyl (C=O) groups is 1. The van der Waals surface area contributed by atoms with Crippen LogP contribution < -0.4 is 10.2 Å². The second kappa shape index (κ2) is 9.54. The lowest BCUT2D eigenvalue weighted by Gasteiger charge is -2.30. The van der Waals surface area contributed by atoms with Crippen molar-refractivity contribution in [2.45, 2.75) is 13.0 Å². The van der Waals surface area contributed by atoms with E-state index in [9.17, 15) is 10.0 Å². The Labute approximate surface area is 188 Å². The minimum Gasteiger partial charge on any atom is -0.497 e. The average molecular weight is 427 g/mol. The summed E-state index contributed by atoms with van der Waals surface area (Å²) in [6, 6.07) is 23.4. The number of hydrogen-bond donors (Lipinski definition) is 2. The number of hydroxylamine groups is 1. The number of nitrogens with zero attached hydrogens (tertiary/aromatic N) is 1. The smallest absolute Gasteiger partial charge is 0.254 e. The summed E-state index contributed by atoms with van der Waals surface area (Å²) in [6.07, 6.45) is 2.71. The monoisotopic (exact) mass is 426 g/mol. The Balaban J connectivity index is 1.69. The van der Waals surface area contributed by atoms with E-state index in [1.54, 1.807) is 7.11 Å².